The third-order valence-electron chi connectivity index (χ3n) is 4.71. The molecule has 1 saturated carbocycles. The van der Waals surface area contributed by atoms with Crippen molar-refractivity contribution in [3.63, 3.8) is 0 Å². The first-order valence-corrected chi connectivity index (χ1v) is 9.10. The Morgan fingerprint density at radius 2 is 2.00 bits per heavy atom. The molecule has 1 N–H and O–H groups in total. The summed E-state index contributed by atoms with van der Waals surface area (Å²) in [5, 5.41) is 9.16. The number of hydrogen-bond donors (Lipinski definition) is 1. The van der Waals surface area contributed by atoms with Crippen molar-refractivity contribution in [2.24, 2.45) is 11.3 Å². The monoisotopic (exact) mass is 303 g/mol. The van der Waals surface area contributed by atoms with Gasteiger partial charge in [0.15, 0.2) is 9.84 Å². The number of hydrogen-bond acceptors (Lipinski definition) is 4. The molecule has 6 heteroatoms. The Bertz CT molecular complexity index is 485. The zero-order valence-electron chi connectivity index (χ0n) is 12.5. The van der Waals surface area contributed by atoms with E-state index in [1.807, 2.05) is 4.90 Å². The third-order valence-corrected chi connectivity index (χ3v) is 6.46. The van der Waals surface area contributed by atoms with Gasteiger partial charge in [-0.2, -0.15) is 0 Å². The predicted molar refractivity (Wildman–Crippen MR) is 77.4 cm³/mol. The van der Waals surface area contributed by atoms with Gasteiger partial charge in [0.2, 0.25) is 0 Å². The van der Waals surface area contributed by atoms with Gasteiger partial charge in [-0.1, -0.05) is 20.8 Å². The van der Waals surface area contributed by atoms with Gasteiger partial charge in [0.25, 0.3) is 0 Å². The van der Waals surface area contributed by atoms with Gasteiger partial charge < -0.3 is 5.11 Å². The van der Waals surface area contributed by atoms with Gasteiger partial charge in [0.1, 0.15) is 0 Å². The van der Waals surface area contributed by atoms with E-state index in [4.69, 9.17) is 5.11 Å². The highest BCUT2D eigenvalue weighted by Gasteiger charge is 2.44. The Balaban J connectivity index is 2.18. The van der Waals surface area contributed by atoms with Crippen molar-refractivity contribution in [1.82, 2.24) is 4.90 Å². The van der Waals surface area contributed by atoms with Gasteiger partial charge in [0.05, 0.1) is 18.1 Å². The highest BCUT2D eigenvalue weighted by Crippen LogP contribution is 2.44. The van der Waals surface area contributed by atoms with Crippen molar-refractivity contribution in [1.29, 1.82) is 0 Å². The molecule has 1 saturated heterocycles. The summed E-state index contributed by atoms with van der Waals surface area (Å²) in [5.74, 6) is -0.152. The zero-order valence-corrected chi connectivity index (χ0v) is 13.3. The average molecular weight is 303 g/mol. The van der Waals surface area contributed by atoms with Crippen LogP contribution < -0.4 is 0 Å². The van der Waals surface area contributed by atoms with Crippen LogP contribution in [0.5, 0.6) is 0 Å². The fourth-order valence-electron chi connectivity index (χ4n) is 4.01. The van der Waals surface area contributed by atoms with E-state index < -0.39 is 15.8 Å². The van der Waals surface area contributed by atoms with Crippen molar-refractivity contribution in [3.05, 3.63) is 0 Å². The number of sulfone groups is 1. The van der Waals surface area contributed by atoms with E-state index in [0.717, 1.165) is 12.8 Å². The van der Waals surface area contributed by atoms with Gasteiger partial charge in [-0.3, -0.25) is 9.69 Å². The molecule has 0 aromatic rings. The van der Waals surface area contributed by atoms with Gasteiger partial charge in [0, 0.05) is 12.1 Å². The first-order valence-electron chi connectivity index (χ1n) is 7.28. The molecule has 20 heavy (non-hydrogen) atoms. The van der Waals surface area contributed by atoms with Crippen molar-refractivity contribution in [2.75, 3.05) is 18.1 Å². The van der Waals surface area contributed by atoms with Crippen LogP contribution in [-0.4, -0.2) is 54.5 Å². The first-order chi connectivity index (χ1) is 9.10. The lowest BCUT2D eigenvalue weighted by atomic mass is 9.91. The zero-order chi connectivity index (χ0) is 15.1. The van der Waals surface area contributed by atoms with E-state index in [1.54, 1.807) is 0 Å². The molecule has 0 amide bonds. The smallest absolute Gasteiger partial charge is 0.317 e. The maximum Gasteiger partial charge on any atom is 0.317 e. The minimum Gasteiger partial charge on any atom is -0.480 e. The molecule has 2 aliphatic rings. The molecule has 0 aromatic heterocycles. The predicted octanol–water partition coefficient (Wildman–Crippen LogP) is 1.38. The van der Waals surface area contributed by atoms with Crippen LogP contribution in [0.2, 0.25) is 0 Å². The Kier molecular flexibility index (Phi) is 4.17. The van der Waals surface area contributed by atoms with Crippen LogP contribution in [-0.2, 0) is 14.6 Å². The number of carboxylic acids is 1. The second-order valence-electron chi connectivity index (χ2n) is 7.24. The fraction of sp³-hybridized carbons (Fsp3) is 0.929. The minimum absolute atomic E-state index is 0.0503. The lowest BCUT2D eigenvalue weighted by Crippen LogP contribution is -2.48. The second-order valence-corrected chi connectivity index (χ2v) is 9.47. The summed E-state index contributed by atoms with van der Waals surface area (Å²) in [4.78, 5) is 13.1. The maximum absolute atomic E-state index is 11.7. The van der Waals surface area contributed by atoms with E-state index in [-0.39, 0.29) is 35.5 Å². The summed E-state index contributed by atoms with van der Waals surface area (Å²) in [6.07, 6.45) is 2.57. The Hall–Kier alpha value is -0.620. The van der Waals surface area contributed by atoms with Crippen LogP contribution in [0.3, 0.4) is 0 Å². The number of rotatable bonds is 4. The lowest BCUT2D eigenvalue weighted by molar-refractivity contribution is -0.139. The Labute approximate surface area is 121 Å². The highest BCUT2D eigenvalue weighted by molar-refractivity contribution is 7.91. The summed E-state index contributed by atoms with van der Waals surface area (Å²) < 4.78 is 23.4. The minimum atomic E-state index is -2.99. The standard InChI is InChI=1S/C14H25NO4S/c1-10-6-14(2,3)7-12(10)15(8-13(16)17)11-4-5-20(18,19)9-11/h10-12H,4-9H2,1-3H3,(H,16,17). The van der Waals surface area contributed by atoms with Crippen molar-refractivity contribution in [2.45, 2.75) is 52.1 Å². The van der Waals surface area contributed by atoms with E-state index in [1.165, 1.54) is 0 Å². The molecule has 1 heterocycles. The number of nitrogens with zero attached hydrogens (tertiary/aromatic N) is 1. The normalized spacial score (nSPS) is 35.5. The summed E-state index contributed by atoms with van der Waals surface area (Å²) in [6.45, 7) is 6.50. The maximum atomic E-state index is 11.7. The largest absolute Gasteiger partial charge is 0.480 e. The molecule has 5 nitrogen and oxygen atoms in total. The fourth-order valence-corrected chi connectivity index (χ4v) is 5.75. The Morgan fingerprint density at radius 3 is 2.40 bits per heavy atom. The molecular weight excluding hydrogens is 278 g/mol. The van der Waals surface area contributed by atoms with Crippen molar-refractivity contribution in [3.8, 4) is 0 Å². The van der Waals surface area contributed by atoms with Gasteiger partial charge in [-0.15, -0.1) is 0 Å². The molecule has 116 valence electrons. The van der Waals surface area contributed by atoms with E-state index >= 15 is 0 Å². The van der Waals surface area contributed by atoms with E-state index in [2.05, 4.69) is 20.8 Å². The van der Waals surface area contributed by atoms with Crippen LogP contribution in [0, 0.1) is 11.3 Å². The quantitative estimate of drug-likeness (QED) is 0.849. The molecule has 3 unspecified atom stereocenters. The Morgan fingerprint density at radius 1 is 1.35 bits per heavy atom. The summed E-state index contributed by atoms with van der Waals surface area (Å²) >= 11 is 0. The first kappa shape index (κ1) is 15.8. The molecule has 2 rings (SSSR count). The molecule has 3 atom stereocenters. The number of carbonyl (C=O) groups is 1. The molecule has 0 radical (unpaired) electrons. The van der Waals surface area contributed by atoms with Crippen LogP contribution in [0.15, 0.2) is 0 Å². The van der Waals surface area contributed by atoms with Crippen LogP contribution in [0.25, 0.3) is 0 Å². The highest BCUT2D eigenvalue weighted by atomic mass is 32.2. The van der Waals surface area contributed by atoms with Crippen molar-refractivity contribution >= 4 is 15.8 Å². The number of aliphatic carboxylic acids is 1. The summed E-state index contributed by atoms with van der Waals surface area (Å²) in [7, 11) is -2.99. The van der Waals surface area contributed by atoms with E-state index in [9.17, 15) is 13.2 Å². The lowest BCUT2D eigenvalue weighted by Gasteiger charge is -2.35. The second kappa shape index (κ2) is 5.30. The molecule has 0 aromatic carbocycles. The summed E-state index contributed by atoms with van der Waals surface area (Å²) in [6, 6.07) is 0.0526. The average Bonchev–Trinajstić information content (AvgIpc) is 2.74. The molecule has 0 bridgehead atoms. The molecule has 1 aliphatic carbocycles. The molecule has 0 spiro atoms. The topological polar surface area (TPSA) is 74.7 Å². The number of carboxylic acid groups (broad SMARTS) is 1. The van der Waals surface area contributed by atoms with Crippen LogP contribution in [0.1, 0.15) is 40.0 Å². The van der Waals surface area contributed by atoms with Gasteiger partial charge in [-0.05, 0) is 30.6 Å². The third kappa shape index (κ3) is 3.52. The van der Waals surface area contributed by atoms with Crippen LogP contribution in [0.4, 0.5) is 0 Å². The van der Waals surface area contributed by atoms with Crippen LogP contribution >= 0.6 is 0 Å². The van der Waals surface area contributed by atoms with Crippen molar-refractivity contribution < 1.29 is 18.3 Å². The van der Waals surface area contributed by atoms with Gasteiger partial charge in [-0.25, -0.2) is 8.42 Å². The molecular formula is C14H25NO4S. The molecule has 1 aliphatic heterocycles. The SMILES string of the molecule is CC1CC(C)(C)CC1N(CC(=O)O)C1CCS(=O)(=O)C1. The van der Waals surface area contributed by atoms with E-state index in [0.29, 0.717) is 12.3 Å². The molecule has 2 fully saturated rings. The summed E-state index contributed by atoms with van der Waals surface area (Å²) in [5.41, 5.74) is 0.207. The van der Waals surface area contributed by atoms with Gasteiger partial charge >= 0.3 is 5.97 Å².